The summed E-state index contributed by atoms with van der Waals surface area (Å²) in [5.74, 6) is -2.01. The molecule has 0 bridgehead atoms. The van der Waals surface area contributed by atoms with Crippen LogP contribution in [0.25, 0.3) is 0 Å². The predicted molar refractivity (Wildman–Crippen MR) is 67.5 cm³/mol. The summed E-state index contributed by atoms with van der Waals surface area (Å²) in [5.41, 5.74) is -1.27. The molecule has 1 heterocycles. The zero-order chi connectivity index (χ0) is 14.0. The molecule has 0 spiro atoms. The molecule has 1 aromatic heterocycles. The molecule has 0 amide bonds. The Morgan fingerprint density at radius 2 is 2.11 bits per heavy atom. The average molecular weight is 266 g/mol. The fourth-order valence-corrected chi connectivity index (χ4v) is 2.00. The van der Waals surface area contributed by atoms with E-state index in [0.717, 1.165) is 12.5 Å². The Labute approximate surface area is 110 Å². The van der Waals surface area contributed by atoms with Crippen molar-refractivity contribution in [2.45, 2.75) is 32.4 Å². The molecule has 19 heavy (non-hydrogen) atoms. The minimum atomic E-state index is -1.61. The number of hydrogen-bond donors (Lipinski definition) is 1. The predicted octanol–water partition coefficient (Wildman–Crippen LogP) is 2.83. The van der Waals surface area contributed by atoms with E-state index in [-0.39, 0.29) is 5.56 Å². The van der Waals surface area contributed by atoms with Crippen molar-refractivity contribution in [3.8, 4) is 0 Å². The van der Waals surface area contributed by atoms with Crippen LogP contribution in [0.3, 0.4) is 0 Å². The number of rotatable bonds is 4. The van der Waals surface area contributed by atoms with E-state index in [1.807, 2.05) is 6.92 Å². The summed E-state index contributed by atoms with van der Waals surface area (Å²) in [5, 5.41) is 14.6. The molecule has 0 aliphatic heterocycles. The topological polar surface area (TPSA) is 38.0 Å². The van der Waals surface area contributed by atoms with Crippen molar-refractivity contribution >= 4 is 0 Å². The highest BCUT2D eigenvalue weighted by molar-refractivity contribution is 5.34. The van der Waals surface area contributed by atoms with E-state index in [9.17, 15) is 13.9 Å². The van der Waals surface area contributed by atoms with Crippen LogP contribution in [-0.2, 0) is 12.1 Å². The number of halogens is 2. The van der Waals surface area contributed by atoms with Gasteiger partial charge in [-0.2, -0.15) is 5.10 Å². The van der Waals surface area contributed by atoms with E-state index in [0.29, 0.717) is 12.1 Å². The third kappa shape index (κ3) is 2.51. The molecule has 1 atom stereocenters. The Morgan fingerprint density at radius 1 is 1.37 bits per heavy atom. The number of nitrogens with zero attached hydrogens (tertiary/aromatic N) is 2. The number of aromatic nitrogens is 2. The maximum Gasteiger partial charge on any atom is 0.165 e. The van der Waals surface area contributed by atoms with Gasteiger partial charge < -0.3 is 5.11 Å². The van der Waals surface area contributed by atoms with Crippen LogP contribution < -0.4 is 0 Å². The fourth-order valence-electron chi connectivity index (χ4n) is 2.00. The maximum absolute atomic E-state index is 13.8. The van der Waals surface area contributed by atoms with Gasteiger partial charge in [-0.25, -0.2) is 8.78 Å². The second-order valence-corrected chi connectivity index (χ2v) is 4.67. The molecule has 0 saturated carbocycles. The molecule has 1 unspecified atom stereocenters. The molecule has 0 radical (unpaired) electrons. The van der Waals surface area contributed by atoms with Crippen LogP contribution in [0.1, 0.15) is 31.4 Å². The molecule has 1 N–H and O–H groups in total. The van der Waals surface area contributed by atoms with Gasteiger partial charge in [-0.3, -0.25) is 4.68 Å². The number of hydrogen-bond acceptors (Lipinski definition) is 2. The van der Waals surface area contributed by atoms with Crippen LogP contribution in [-0.4, -0.2) is 14.9 Å². The van der Waals surface area contributed by atoms with Gasteiger partial charge in [0.15, 0.2) is 11.6 Å². The molecule has 5 heteroatoms. The highest BCUT2D eigenvalue weighted by atomic mass is 19.2. The zero-order valence-electron chi connectivity index (χ0n) is 10.9. The summed E-state index contributed by atoms with van der Waals surface area (Å²) >= 11 is 0. The summed E-state index contributed by atoms with van der Waals surface area (Å²) in [7, 11) is 0. The first-order chi connectivity index (χ1) is 8.96. The lowest BCUT2D eigenvalue weighted by molar-refractivity contribution is 0.0969. The van der Waals surface area contributed by atoms with Gasteiger partial charge in [0.05, 0.1) is 6.20 Å². The van der Waals surface area contributed by atoms with Crippen molar-refractivity contribution in [2.24, 2.45) is 0 Å². The van der Waals surface area contributed by atoms with Crippen molar-refractivity contribution in [1.82, 2.24) is 9.78 Å². The Bertz CT molecular complexity index is 579. The van der Waals surface area contributed by atoms with Gasteiger partial charge in [0, 0.05) is 23.9 Å². The third-order valence-electron chi connectivity index (χ3n) is 3.12. The van der Waals surface area contributed by atoms with Crippen LogP contribution in [0.2, 0.25) is 0 Å². The van der Waals surface area contributed by atoms with E-state index < -0.39 is 17.2 Å². The van der Waals surface area contributed by atoms with Gasteiger partial charge in [-0.1, -0.05) is 19.1 Å². The summed E-state index contributed by atoms with van der Waals surface area (Å²) in [4.78, 5) is 0. The minimum absolute atomic E-state index is 0.0939. The monoisotopic (exact) mass is 266 g/mol. The standard InChI is InChI=1S/C14H16F2N2O/c1-3-7-18-9-10(8-17-18)14(2,19)11-5-4-6-12(15)13(11)16/h4-6,8-9,19H,3,7H2,1-2H3. The van der Waals surface area contributed by atoms with Crippen molar-refractivity contribution in [3.63, 3.8) is 0 Å². The molecule has 0 fully saturated rings. The normalized spacial score (nSPS) is 14.4. The molecule has 0 aliphatic carbocycles. The molecular formula is C14H16F2N2O. The van der Waals surface area contributed by atoms with Crippen LogP contribution in [0, 0.1) is 11.6 Å². The quantitative estimate of drug-likeness (QED) is 0.924. The van der Waals surface area contributed by atoms with Crippen LogP contribution in [0.5, 0.6) is 0 Å². The Hall–Kier alpha value is -1.75. The van der Waals surface area contributed by atoms with Gasteiger partial charge in [0.1, 0.15) is 5.60 Å². The van der Waals surface area contributed by atoms with Gasteiger partial charge >= 0.3 is 0 Å². The van der Waals surface area contributed by atoms with E-state index in [1.54, 1.807) is 10.9 Å². The minimum Gasteiger partial charge on any atom is -0.380 e. The van der Waals surface area contributed by atoms with E-state index in [1.165, 1.54) is 25.3 Å². The number of benzene rings is 1. The molecular weight excluding hydrogens is 250 g/mol. The van der Waals surface area contributed by atoms with Crippen molar-refractivity contribution in [2.75, 3.05) is 0 Å². The largest absolute Gasteiger partial charge is 0.380 e. The SMILES string of the molecule is CCCn1cc(C(C)(O)c2cccc(F)c2F)cn1. The summed E-state index contributed by atoms with van der Waals surface area (Å²) in [6.45, 7) is 4.14. The highest BCUT2D eigenvalue weighted by Crippen LogP contribution is 2.31. The summed E-state index contributed by atoms with van der Waals surface area (Å²) in [6, 6.07) is 3.77. The lowest BCUT2D eigenvalue weighted by atomic mass is 9.90. The number of aliphatic hydroxyl groups is 1. The number of aryl methyl sites for hydroxylation is 1. The third-order valence-corrected chi connectivity index (χ3v) is 3.12. The van der Waals surface area contributed by atoms with Gasteiger partial charge in [0.2, 0.25) is 0 Å². The van der Waals surface area contributed by atoms with E-state index in [2.05, 4.69) is 5.10 Å². The Kier molecular flexibility index (Phi) is 3.66. The fraction of sp³-hybridized carbons (Fsp3) is 0.357. The molecule has 2 aromatic rings. The zero-order valence-corrected chi connectivity index (χ0v) is 10.9. The first kappa shape index (κ1) is 13.7. The smallest absolute Gasteiger partial charge is 0.165 e. The van der Waals surface area contributed by atoms with Crippen molar-refractivity contribution in [1.29, 1.82) is 0 Å². The van der Waals surface area contributed by atoms with Crippen LogP contribution >= 0.6 is 0 Å². The second-order valence-electron chi connectivity index (χ2n) is 4.67. The highest BCUT2D eigenvalue weighted by Gasteiger charge is 2.31. The van der Waals surface area contributed by atoms with Gasteiger partial charge in [0.25, 0.3) is 0 Å². The summed E-state index contributed by atoms with van der Waals surface area (Å²) in [6.07, 6.45) is 4.02. The van der Waals surface area contributed by atoms with Crippen molar-refractivity contribution in [3.05, 3.63) is 53.4 Å². The first-order valence-electron chi connectivity index (χ1n) is 6.16. The van der Waals surface area contributed by atoms with E-state index in [4.69, 9.17) is 0 Å². The summed E-state index contributed by atoms with van der Waals surface area (Å²) < 4.78 is 28.7. The second kappa shape index (κ2) is 5.09. The molecule has 102 valence electrons. The van der Waals surface area contributed by atoms with Crippen LogP contribution in [0.4, 0.5) is 8.78 Å². The van der Waals surface area contributed by atoms with E-state index >= 15 is 0 Å². The average Bonchev–Trinajstić information content (AvgIpc) is 2.82. The molecule has 0 aliphatic rings. The Balaban J connectivity index is 2.42. The molecule has 0 saturated heterocycles. The van der Waals surface area contributed by atoms with Gasteiger partial charge in [-0.15, -0.1) is 0 Å². The van der Waals surface area contributed by atoms with Crippen LogP contribution in [0.15, 0.2) is 30.6 Å². The molecule has 2 rings (SSSR count). The maximum atomic E-state index is 13.8. The Morgan fingerprint density at radius 3 is 2.79 bits per heavy atom. The van der Waals surface area contributed by atoms with Crippen molar-refractivity contribution < 1.29 is 13.9 Å². The first-order valence-corrected chi connectivity index (χ1v) is 6.16. The molecule has 3 nitrogen and oxygen atoms in total. The lowest BCUT2D eigenvalue weighted by Crippen LogP contribution is -2.24. The lowest BCUT2D eigenvalue weighted by Gasteiger charge is -2.23. The molecule has 1 aromatic carbocycles. The van der Waals surface area contributed by atoms with Gasteiger partial charge in [-0.05, 0) is 19.4 Å².